The Hall–Kier alpha value is -1.00. The summed E-state index contributed by atoms with van der Waals surface area (Å²) < 4.78 is 0. The van der Waals surface area contributed by atoms with Crippen LogP contribution in [0.3, 0.4) is 0 Å². The van der Waals surface area contributed by atoms with Gasteiger partial charge in [0.05, 0.1) is 0 Å². The quantitative estimate of drug-likeness (QED) is 0.655. The lowest BCUT2D eigenvalue weighted by atomic mass is 10.1. The van der Waals surface area contributed by atoms with Crippen molar-refractivity contribution in [2.45, 2.75) is 31.8 Å². The van der Waals surface area contributed by atoms with E-state index < -0.39 is 0 Å². The monoisotopic (exact) mass is 281 g/mol. The first-order valence-electron chi connectivity index (χ1n) is 6.03. The van der Waals surface area contributed by atoms with Crippen molar-refractivity contribution in [3.8, 4) is 11.4 Å². The van der Waals surface area contributed by atoms with E-state index >= 15 is 0 Å². The van der Waals surface area contributed by atoms with Crippen molar-refractivity contribution >= 4 is 23.4 Å². The van der Waals surface area contributed by atoms with E-state index in [-0.39, 0.29) is 0 Å². The second-order valence-corrected chi connectivity index (χ2v) is 5.55. The van der Waals surface area contributed by atoms with E-state index in [2.05, 4.69) is 22.1 Å². The van der Waals surface area contributed by atoms with Crippen LogP contribution in [0.25, 0.3) is 11.4 Å². The number of nitrogens with one attached hydrogen (secondary N) is 1. The second-order valence-electron chi connectivity index (χ2n) is 4.08. The zero-order valence-corrected chi connectivity index (χ0v) is 12.1. The normalized spacial score (nSPS) is 10.8. The summed E-state index contributed by atoms with van der Waals surface area (Å²) in [7, 11) is 0. The van der Waals surface area contributed by atoms with E-state index in [4.69, 9.17) is 11.6 Å². The van der Waals surface area contributed by atoms with Gasteiger partial charge in [0.15, 0.2) is 5.82 Å². The zero-order valence-electron chi connectivity index (χ0n) is 10.5. The van der Waals surface area contributed by atoms with Gasteiger partial charge >= 0.3 is 0 Å². The molecular weight excluding hydrogens is 266 g/mol. The lowest BCUT2D eigenvalue weighted by molar-refractivity contribution is 0.889. The molecule has 0 atom stereocenters. The van der Waals surface area contributed by atoms with Crippen LogP contribution in [0, 0.1) is 6.92 Å². The Morgan fingerprint density at radius 1 is 1.39 bits per heavy atom. The zero-order chi connectivity index (χ0) is 13.0. The van der Waals surface area contributed by atoms with Gasteiger partial charge in [-0.05, 0) is 25.0 Å². The molecule has 1 aromatic heterocycles. The van der Waals surface area contributed by atoms with Crippen LogP contribution < -0.4 is 0 Å². The fraction of sp³-hybridized carbons (Fsp3) is 0.385. The molecule has 96 valence electrons. The molecule has 3 nitrogen and oxygen atoms in total. The summed E-state index contributed by atoms with van der Waals surface area (Å²) in [6.07, 6.45) is 2.38. The fourth-order valence-electron chi connectivity index (χ4n) is 1.60. The van der Waals surface area contributed by atoms with Crippen LogP contribution in [-0.4, -0.2) is 20.9 Å². The van der Waals surface area contributed by atoms with Gasteiger partial charge in [0.25, 0.3) is 0 Å². The molecule has 2 aromatic rings. The molecule has 1 aromatic carbocycles. The number of aromatic amines is 1. The van der Waals surface area contributed by atoms with E-state index in [0.29, 0.717) is 0 Å². The maximum absolute atomic E-state index is 6.11. The smallest absolute Gasteiger partial charge is 0.208 e. The number of H-pyrrole nitrogens is 1. The largest absolute Gasteiger partial charge is 0.258 e. The van der Waals surface area contributed by atoms with Crippen LogP contribution in [0.5, 0.6) is 0 Å². The molecule has 5 heteroatoms. The van der Waals surface area contributed by atoms with Gasteiger partial charge < -0.3 is 0 Å². The molecule has 1 heterocycles. The van der Waals surface area contributed by atoms with Gasteiger partial charge in [-0.15, -0.1) is 5.10 Å². The molecule has 18 heavy (non-hydrogen) atoms. The summed E-state index contributed by atoms with van der Waals surface area (Å²) in [6.45, 7) is 4.17. The van der Waals surface area contributed by atoms with Crippen molar-refractivity contribution in [2.75, 3.05) is 5.75 Å². The van der Waals surface area contributed by atoms with Crippen LogP contribution in [0.2, 0.25) is 5.02 Å². The van der Waals surface area contributed by atoms with Crippen molar-refractivity contribution in [2.24, 2.45) is 0 Å². The molecule has 0 radical (unpaired) electrons. The molecule has 0 spiro atoms. The van der Waals surface area contributed by atoms with Crippen LogP contribution in [0.4, 0.5) is 0 Å². The summed E-state index contributed by atoms with van der Waals surface area (Å²) in [5.74, 6) is 1.84. The molecule has 1 N–H and O–H groups in total. The Balaban J connectivity index is 2.16. The molecule has 2 rings (SSSR count). The average molecular weight is 282 g/mol. The Bertz CT molecular complexity index is 525. The van der Waals surface area contributed by atoms with Crippen LogP contribution >= 0.6 is 23.4 Å². The van der Waals surface area contributed by atoms with Crippen molar-refractivity contribution in [3.05, 3.63) is 28.8 Å². The summed E-state index contributed by atoms with van der Waals surface area (Å²) in [4.78, 5) is 4.49. The first-order valence-corrected chi connectivity index (χ1v) is 7.39. The Morgan fingerprint density at radius 2 is 2.22 bits per heavy atom. The molecule has 0 fully saturated rings. The van der Waals surface area contributed by atoms with E-state index in [0.717, 1.165) is 32.9 Å². The summed E-state index contributed by atoms with van der Waals surface area (Å²) in [5, 5.41) is 8.75. The number of nitrogens with zero attached hydrogens (tertiary/aromatic N) is 2. The van der Waals surface area contributed by atoms with Gasteiger partial charge in [-0.1, -0.05) is 48.8 Å². The molecule has 0 aliphatic rings. The standard InChI is InChI=1S/C13H16ClN3S/c1-3-4-8-18-13-15-12(16-17-13)10-6-5-7-11(14)9(10)2/h5-7H,3-4,8H2,1-2H3,(H,15,16,17). The van der Waals surface area contributed by atoms with Gasteiger partial charge in [0, 0.05) is 16.3 Å². The van der Waals surface area contributed by atoms with Crippen LogP contribution in [-0.2, 0) is 0 Å². The molecule has 0 saturated heterocycles. The highest BCUT2D eigenvalue weighted by Crippen LogP contribution is 2.27. The highest BCUT2D eigenvalue weighted by Gasteiger charge is 2.09. The Labute approximate surface area is 116 Å². The van der Waals surface area contributed by atoms with Crippen molar-refractivity contribution in [1.82, 2.24) is 15.2 Å². The molecule has 0 saturated carbocycles. The second kappa shape index (κ2) is 6.25. The lowest BCUT2D eigenvalue weighted by Gasteiger charge is -2.03. The van der Waals surface area contributed by atoms with E-state index in [1.165, 1.54) is 12.8 Å². The Morgan fingerprint density at radius 3 is 3.00 bits per heavy atom. The number of hydrogen-bond acceptors (Lipinski definition) is 3. The maximum Gasteiger partial charge on any atom is 0.208 e. The van der Waals surface area contributed by atoms with Gasteiger partial charge in [0.2, 0.25) is 5.16 Å². The van der Waals surface area contributed by atoms with Crippen molar-refractivity contribution in [1.29, 1.82) is 0 Å². The number of aromatic nitrogens is 3. The van der Waals surface area contributed by atoms with E-state index in [1.54, 1.807) is 11.8 Å². The highest BCUT2D eigenvalue weighted by molar-refractivity contribution is 7.99. The molecule has 0 aliphatic heterocycles. The number of hydrogen-bond donors (Lipinski definition) is 1. The molecule has 0 aliphatic carbocycles. The first kappa shape index (κ1) is 13.4. The average Bonchev–Trinajstić information content (AvgIpc) is 2.82. The summed E-state index contributed by atoms with van der Waals surface area (Å²) >= 11 is 7.79. The summed E-state index contributed by atoms with van der Waals surface area (Å²) in [5.41, 5.74) is 2.04. The molecule has 0 bridgehead atoms. The first-order chi connectivity index (χ1) is 8.72. The number of rotatable bonds is 5. The maximum atomic E-state index is 6.11. The lowest BCUT2D eigenvalue weighted by Crippen LogP contribution is -1.86. The van der Waals surface area contributed by atoms with Crippen LogP contribution in [0.1, 0.15) is 25.3 Å². The van der Waals surface area contributed by atoms with E-state index in [1.807, 2.05) is 25.1 Å². The Kier molecular flexibility index (Phi) is 4.66. The SMILES string of the molecule is CCCCSc1n[nH]c(-c2cccc(Cl)c2C)n1. The minimum absolute atomic E-state index is 0.754. The molecule has 0 unspecified atom stereocenters. The van der Waals surface area contributed by atoms with Gasteiger partial charge in [-0.25, -0.2) is 4.98 Å². The van der Waals surface area contributed by atoms with E-state index in [9.17, 15) is 0 Å². The van der Waals surface area contributed by atoms with Crippen molar-refractivity contribution in [3.63, 3.8) is 0 Å². The summed E-state index contributed by atoms with van der Waals surface area (Å²) in [6, 6.07) is 5.81. The topological polar surface area (TPSA) is 41.6 Å². The van der Waals surface area contributed by atoms with Gasteiger partial charge in [-0.2, -0.15) is 0 Å². The number of benzene rings is 1. The fourth-order valence-corrected chi connectivity index (χ4v) is 2.66. The highest BCUT2D eigenvalue weighted by atomic mass is 35.5. The number of unbranched alkanes of at least 4 members (excludes halogenated alkanes) is 1. The third-order valence-corrected chi connectivity index (χ3v) is 4.06. The number of halogens is 1. The third kappa shape index (κ3) is 3.06. The minimum Gasteiger partial charge on any atom is -0.258 e. The van der Waals surface area contributed by atoms with Crippen molar-refractivity contribution < 1.29 is 0 Å². The van der Waals surface area contributed by atoms with Crippen LogP contribution in [0.15, 0.2) is 23.4 Å². The predicted octanol–water partition coefficient (Wildman–Crippen LogP) is 4.33. The molecule has 0 amide bonds. The number of thioether (sulfide) groups is 1. The van der Waals surface area contributed by atoms with Gasteiger partial charge in [0.1, 0.15) is 0 Å². The third-order valence-electron chi connectivity index (χ3n) is 2.72. The van der Waals surface area contributed by atoms with Gasteiger partial charge in [-0.3, -0.25) is 5.10 Å². The predicted molar refractivity (Wildman–Crippen MR) is 77.2 cm³/mol. The molecular formula is C13H16ClN3S. The minimum atomic E-state index is 0.754.